The zero-order valence-corrected chi connectivity index (χ0v) is 14.6. The van der Waals surface area contributed by atoms with Crippen LogP contribution < -0.4 is 5.43 Å². The van der Waals surface area contributed by atoms with E-state index in [0.717, 1.165) is 40.8 Å². The van der Waals surface area contributed by atoms with Gasteiger partial charge in [0.05, 0.1) is 0 Å². The molecule has 0 bridgehead atoms. The molecule has 124 valence electrons. The van der Waals surface area contributed by atoms with Crippen molar-refractivity contribution in [3.05, 3.63) is 81.1 Å². The van der Waals surface area contributed by atoms with Crippen LogP contribution >= 0.6 is 0 Å². The van der Waals surface area contributed by atoms with Crippen LogP contribution in [0.1, 0.15) is 29.3 Å². The Morgan fingerprint density at radius 2 is 1.75 bits per heavy atom. The summed E-state index contributed by atoms with van der Waals surface area (Å²) in [7, 11) is 0. The number of hydrogen-bond acceptors (Lipinski definition) is 2. The van der Waals surface area contributed by atoms with Crippen LogP contribution in [0, 0.1) is 13.8 Å². The number of hydrogen-bond donors (Lipinski definition) is 1. The van der Waals surface area contributed by atoms with E-state index in [4.69, 9.17) is 0 Å². The van der Waals surface area contributed by atoms with Crippen molar-refractivity contribution in [1.29, 1.82) is 0 Å². The first-order valence-corrected chi connectivity index (χ1v) is 8.47. The highest BCUT2D eigenvalue weighted by atomic mass is 16.1. The van der Waals surface area contributed by atoms with Crippen molar-refractivity contribution in [2.45, 2.75) is 33.9 Å². The zero-order valence-electron chi connectivity index (χ0n) is 14.6. The van der Waals surface area contributed by atoms with Crippen LogP contribution in [-0.4, -0.2) is 16.4 Å². The van der Waals surface area contributed by atoms with Crippen LogP contribution in [0.2, 0.25) is 0 Å². The topological polar surface area (TPSA) is 36.1 Å². The Morgan fingerprint density at radius 1 is 1.00 bits per heavy atom. The van der Waals surface area contributed by atoms with Crippen LogP contribution in [0.4, 0.5) is 0 Å². The van der Waals surface area contributed by atoms with Crippen molar-refractivity contribution in [3.63, 3.8) is 0 Å². The van der Waals surface area contributed by atoms with Gasteiger partial charge < -0.3 is 4.98 Å². The number of nitrogens with one attached hydrogen (secondary N) is 1. The summed E-state index contributed by atoms with van der Waals surface area (Å²) >= 11 is 0. The minimum atomic E-state index is 0.150. The predicted molar refractivity (Wildman–Crippen MR) is 100 cm³/mol. The van der Waals surface area contributed by atoms with E-state index in [1.807, 2.05) is 38.1 Å². The minimum Gasteiger partial charge on any atom is -0.358 e. The largest absolute Gasteiger partial charge is 0.358 e. The fourth-order valence-electron chi connectivity index (χ4n) is 3.10. The third-order valence-corrected chi connectivity index (χ3v) is 4.55. The first-order chi connectivity index (χ1) is 11.6. The van der Waals surface area contributed by atoms with E-state index in [0.29, 0.717) is 6.54 Å². The molecule has 0 aliphatic heterocycles. The number of aromatic nitrogens is 1. The first-order valence-electron chi connectivity index (χ1n) is 8.47. The second-order valence-corrected chi connectivity index (χ2v) is 6.40. The second-order valence-electron chi connectivity index (χ2n) is 6.40. The molecule has 0 radical (unpaired) electrons. The smallest absolute Gasteiger partial charge is 0.194 e. The van der Waals surface area contributed by atoms with Crippen molar-refractivity contribution in [2.24, 2.45) is 0 Å². The van der Waals surface area contributed by atoms with Gasteiger partial charge in [-0.05, 0) is 38.1 Å². The van der Waals surface area contributed by atoms with Crippen molar-refractivity contribution in [3.8, 4) is 0 Å². The van der Waals surface area contributed by atoms with Gasteiger partial charge in [0.1, 0.15) is 0 Å². The van der Waals surface area contributed by atoms with Gasteiger partial charge in [0, 0.05) is 35.2 Å². The maximum absolute atomic E-state index is 13.0. The molecule has 0 spiro atoms. The number of rotatable bonds is 5. The summed E-state index contributed by atoms with van der Waals surface area (Å²) in [6.45, 7) is 8.56. The minimum absolute atomic E-state index is 0.150. The lowest BCUT2D eigenvalue weighted by molar-refractivity contribution is 0.270. The van der Waals surface area contributed by atoms with Crippen molar-refractivity contribution in [2.75, 3.05) is 6.54 Å². The van der Waals surface area contributed by atoms with Crippen molar-refractivity contribution < 1.29 is 0 Å². The molecule has 3 rings (SSSR count). The molecule has 3 heteroatoms. The maximum atomic E-state index is 13.0. The zero-order chi connectivity index (χ0) is 17.1. The van der Waals surface area contributed by atoms with Gasteiger partial charge in [0.15, 0.2) is 5.43 Å². The standard InChI is InChI=1S/C21H24N2O/c1-4-23(13-17-8-6-5-7-9-17)14-19-16(3)22-20-11-10-15(2)12-18(20)21(19)24/h5-12H,4,13-14H2,1-3H3,(H,22,24). The summed E-state index contributed by atoms with van der Waals surface area (Å²) in [5.41, 5.74) is 5.27. The molecule has 0 aliphatic rings. The molecule has 0 unspecified atom stereocenters. The molecule has 1 N–H and O–H groups in total. The highest BCUT2D eigenvalue weighted by molar-refractivity contribution is 5.80. The fourth-order valence-corrected chi connectivity index (χ4v) is 3.10. The van der Waals surface area contributed by atoms with Gasteiger partial charge in [-0.15, -0.1) is 0 Å². The number of pyridine rings is 1. The highest BCUT2D eigenvalue weighted by Crippen LogP contribution is 2.15. The average Bonchev–Trinajstić information content (AvgIpc) is 2.59. The quantitative estimate of drug-likeness (QED) is 0.766. The maximum Gasteiger partial charge on any atom is 0.194 e. The number of aromatic amines is 1. The molecule has 2 aromatic carbocycles. The molecular weight excluding hydrogens is 296 g/mol. The molecule has 24 heavy (non-hydrogen) atoms. The molecule has 3 nitrogen and oxygen atoms in total. The van der Waals surface area contributed by atoms with Crippen LogP contribution in [-0.2, 0) is 13.1 Å². The van der Waals surface area contributed by atoms with E-state index in [1.54, 1.807) is 0 Å². The van der Waals surface area contributed by atoms with E-state index in [-0.39, 0.29) is 5.43 Å². The molecular formula is C21H24N2O. The molecule has 0 saturated heterocycles. The summed E-state index contributed by atoms with van der Waals surface area (Å²) in [6.07, 6.45) is 0. The number of nitrogens with zero attached hydrogens (tertiary/aromatic N) is 1. The molecule has 0 aliphatic carbocycles. The van der Waals surface area contributed by atoms with Gasteiger partial charge >= 0.3 is 0 Å². The van der Waals surface area contributed by atoms with Crippen LogP contribution in [0.25, 0.3) is 10.9 Å². The van der Waals surface area contributed by atoms with E-state index in [1.165, 1.54) is 5.56 Å². The fraction of sp³-hybridized carbons (Fsp3) is 0.286. The third-order valence-electron chi connectivity index (χ3n) is 4.55. The lowest BCUT2D eigenvalue weighted by Crippen LogP contribution is -2.27. The van der Waals surface area contributed by atoms with E-state index in [2.05, 4.69) is 41.1 Å². The normalized spacial score (nSPS) is 11.3. The Labute approximate surface area is 143 Å². The molecule has 0 saturated carbocycles. The molecule has 0 fully saturated rings. The van der Waals surface area contributed by atoms with Crippen molar-refractivity contribution in [1.82, 2.24) is 9.88 Å². The molecule has 1 heterocycles. The van der Waals surface area contributed by atoms with Crippen LogP contribution in [0.5, 0.6) is 0 Å². The highest BCUT2D eigenvalue weighted by Gasteiger charge is 2.13. The Hall–Kier alpha value is -2.39. The summed E-state index contributed by atoms with van der Waals surface area (Å²) in [4.78, 5) is 18.7. The Bertz CT molecular complexity index is 897. The number of benzene rings is 2. The Morgan fingerprint density at radius 3 is 2.46 bits per heavy atom. The number of aryl methyl sites for hydroxylation is 2. The summed E-state index contributed by atoms with van der Waals surface area (Å²) in [6, 6.07) is 16.4. The van der Waals surface area contributed by atoms with E-state index < -0.39 is 0 Å². The average molecular weight is 320 g/mol. The molecule has 0 atom stereocenters. The monoisotopic (exact) mass is 320 g/mol. The van der Waals surface area contributed by atoms with Crippen molar-refractivity contribution >= 4 is 10.9 Å². The van der Waals surface area contributed by atoms with Gasteiger partial charge in [0.2, 0.25) is 0 Å². The number of H-pyrrole nitrogens is 1. The summed E-state index contributed by atoms with van der Waals surface area (Å²) in [5.74, 6) is 0. The van der Waals surface area contributed by atoms with Crippen LogP contribution in [0.3, 0.4) is 0 Å². The van der Waals surface area contributed by atoms with Gasteiger partial charge in [-0.1, -0.05) is 48.9 Å². The summed E-state index contributed by atoms with van der Waals surface area (Å²) in [5, 5.41) is 0.784. The predicted octanol–water partition coefficient (Wildman–Crippen LogP) is 4.17. The van der Waals surface area contributed by atoms with Gasteiger partial charge in [-0.3, -0.25) is 9.69 Å². The lowest BCUT2D eigenvalue weighted by atomic mass is 10.1. The molecule has 3 aromatic rings. The Balaban J connectivity index is 1.94. The SMILES string of the molecule is CCN(Cc1ccccc1)Cc1c(C)[nH]c2ccc(C)cc2c1=O. The molecule has 1 aromatic heterocycles. The van der Waals surface area contributed by atoms with E-state index >= 15 is 0 Å². The Kier molecular flexibility index (Phi) is 4.81. The van der Waals surface area contributed by atoms with E-state index in [9.17, 15) is 4.79 Å². The van der Waals surface area contributed by atoms with Crippen LogP contribution in [0.15, 0.2) is 53.3 Å². The second kappa shape index (κ2) is 7.02. The lowest BCUT2D eigenvalue weighted by Gasteiger charge is -2.21. The third kappa shape index (κ3) is 3.41. The first kappa shape index (κ1) is 16.5. The molecule has 0 amide bonds. The van der Waals surface area contributed by atoms with Gasteiger partial charge in [-0.2, -0.15) is 0 Å². The van der Waals surface area contributed by atoms with Gasteiger partial charge in [-0.25, -0.2) is 0 Å². The van der Waals surface area contributed by atoms with Gasteiger partial charge in [0.25, 0.3) is 0 Å². The summed E-state index contributed by atoms with van der Waals surface area (Å²) < 4.78 is 0. The number of fused-ring (bicyclic) bond motifs is 1.